The first-order valence-corrected chi connectivity index (χ1v) is 8.12. The number of hydrogen-bond acceptors (Lipinski definition) is 1. The van der Waals surface area contributed by atoms with E-state index in [4.69, 9.17) is 0 Å². The normalized spacial score (nSPS) is 20.0. The van der Waals surface area contributed by atoms with E-state index in [9.17, 15) is 4.79 Å². The third-order valence-corrected chi connectivity index (χ3v) is 4.91. The molecule has 1 N–H and O–H groups in total. The van der Waals surface area contributed by atoms with Gasteiger partial charge in [0.1, 0.15) is 0 Å². The molecule has 0 atom stereocenters. The minimum Gasteiger partial charge on any atom is -0.356 e. The Hall–Kier alpha value is -2.61. The van der Waals surface area contributed by atoms with Crippen molar-refractivity contribution >= 4 is 17.2 Å². The molecule has 114 valence electrons. The maximum atomic E-state index is 10.4. The molecule has 0 aromatic heterocycles. The van der Waals surface area contributed by atoms with Gasteiger partial charge in [-0.05, 0) is 52.3 Å². The molecule has 0 spiro atoms. The fourth-order valence-electron chi connectivity index (χ4n) is 3.44. The van der Waals surface area contributed by atoms with E-state index in [1.165, 1.54) is 27.5 Å². The number of carbonyl (C=O) groups excluding carboxylic acids is 1. The van der Waals surface area contributed by atoms with Gasteiger partial charge in [0, 0.05) is 6.04 Å². The number of benzene rings is 3. The second-order valence-electron chi connectivity index (χ2n) is 6.33. The molecule has 3 aromatic carbocycles. The third-order valence-electron chi connectivity index (χ3n) is 4.91. The fraction of sp³-hybridized carbons (Fsp3) is 0.190. The highest BCUT2D eigenvalue weighted by Gasteiger charge is 2.29. The van der Waals surface area contributed by atoms with E-state index < -0.39 is 0 Å². The number of nitrogens with one attached hydrogen (secondary N) is 1. The lowest BCUT2D eigenvalue weighted by atomic mass is 9.76. The molecule has 23 heavy (non-hydrogen) atoms. The van der Waals surface area contributed by atoms with E-state index in [1.807, 2.05) is 0 Å². The molecule has 0 aliphatic heterocycles. The molecule has 3 aromatic rings. The van der Waals surface area contributed by atoms with Crippen LogP contribution in [0, 0.1) is 0 Å². The zero-order valence-electron chi connectivity index (χ0n) is 12.9. The van der Waals surface area contributed by atoms with E-state index in [0.717, 1.165) is 19.3 Å². The summed E-state index contributed by atoms with van der Waals surface area (Å²) in [4.78, 5) is 10.4. The van der Waals surface area contributed by atoms with Crippen LogP contribution in [0.3, 0.4) is 0 Å². The molecule has 1 aliphatic carbocycles. The van der Waals surface area contributed by atoms with E-state index >= 15 is 0 Å². The number of hydrogen-bond donors (Lipinski definition) is 1. The van der Waals surface area contributed by atoms with Gasteiger partial charge >= 0.3 is 0 Å². The highest BCUT2D eigenvalue weighted by Crippen LogP contribution is 2.37. The maximum absolute atomic E-state index is 10.4. The Morgan fingerprint density at radius 2 is 1.52 bits per heavy atom. The first-order chi connectivity index (χ1) is 11.3. The lowest BCUT2D eigenvalue weighted by Crippen LogP contribution is -2.39. The summed E-state index contributed by atoms with van der Waals surface area (Å²) in [6, 6.07) is 24.3. The molecule has 0 heterocycles. The topological polar surface area (TPSA) is 29.1 Å². The van der Waals surface area contributed by atoms with Crippen molar-refractivity contribution in [3.8, 4) is 11.1 Å². The molecule has 4 rings (SSSR count). The molecule has 1 fully saturated rings. The standard InChI is InChI=1S/C21H19NO/c23-14-22-21-12-20(13-21)17-7-5-16(6-8-17)19-10-9-15-3-1-2-4-18(15)11-19/h1-11,14,20-21H,12-13H2,(H,22,23). The Kier molecular flexibility index (Phi) is 3.58. The lowest BCUT2D eigenvalue weighted by molar-refractivity contribution is -0.110. The second kappa shape index (κ2) is 5.88. The quantitative estimate of drug-likeness (QED) is 0.706. The molecule has 2 nitrogen and oxygen atoms in total. The van der Waals surface area contributed by atoms with Crippen LogP contribution >= 0.6 is 0 Å². The highest BCUT2D eigenvalue weighted by atomic mass is 16.1. The molecule has 0 unspecified atom stereocenters. The molecule has 1 amide bonds. The van der Waals surface area contributed by atoms with Crippen LogP contribution in [0.1, 0.15) is 24.3 Å². The average molecular weight is 301 g/mol. The van der Waals surface area contributed by atoms with Crippen LogP contribution in [0.25, 0.3) is 21.9 Å². The Balaban J connectivity index is 1.54. The Labute approximate surface area is 136 Å². The predicted molar refractivity (Wildman–Crippen MR) is 94.3 cm³/mol. The zero-order valence-corrected chi connectivity index (χ0v) is 12.9. The Bertz CT molecular complexity index is 832. The van der Waals surface area contributed by atoms with E-state index in [-0.39, 0.29) is 0 Å². The van der Waals surface area contributed by atoms with Crippen molar-refractivity contribution in [1.82, 2.24) is 5.32 Å². The van der Waals surface area contributed by atoms with Gasteiger partial charge in [-0.15, -0.1) is 0 Å². The summed E-state index contributed by atoms with van der Waals surface area (Å²) in [6.45, 7) is 0. The van der Waals surface area contributed by atoms with E-state index in [0.29, 0.717) is 12.0 Å². The molecule has 0 bridgehead atoms. The largest absolute Gasteiger partial charge is 0.356 e. The molecule has 1 saturated carbocycles. The minimum absolute atomic E-state index is 0.359. The highest BCUT2D eigenvalue weighted by molar-refractivity contribution is 5.87. The Morgan fingerprint density at radius 1 is 0.826 bits per heavy atom. The van der Waals surface area contributed by atoms with Crippen molar-refractivity contribution in [3.63, 3.8) is 0 Å². The van der Waals surface area contributed by atoms with Crippen molar-refractivity contribution in [3.05, 3.63) is 72.3 Å². The molecule has 1 aliphatic rings. The van der Waals surface area contributed by atoms with Crippen LogP contribution in [0.5, 0.6) is 0 Å². The molecule has 2 heteroatoms. The van der Waals surface area contributed by atoms with Gasteiger partial charge in [0.25, 0.3) is 0 Å². The summed E-state index contributed by atoms with van der Waals surface area (Å²) in [5.74, 6) is 0.582. The van der Waals surface area contributed by atoms with Crippen LogP contribution in [0.15, 0.2) is 66.7 Å². The number of amides is 1. The van der Waals surface area contributed by atoms with Gasteiger partial charge < -0.3 is 5.32 Å². The van der Waals surface area contributed by atoms with Gasteiger partial charge in [-0.3, -0.25) is 4.79 Å². The first-order valence-electron chi connectivity index (χ1n) is 8.12. The van der Waals surface area contributed by atoms with Crippen LogP contribution < -0.4 is 5.32 Å². The van der Waals surface area contributed by atoms with Gasteiger partial charge in [0.05, 0.1) is 0 Å². The van der Waals surface area contributed by atoms with Crippen molar-refractivity contribution < 1.29 is 4.79 Å². The summed E-state index contributed by atoms with van der Waals surface area (Å²) in [6.07, 6.45) is 2.91. The summed E-state index contributed by atoms with van der Waals surface area (Å²) < 4.78 is 0. The van der Waals surface area contributed by atoms with Gasteiger partial charge in [0.2, 0.25) is 6.41 Å². The predicted octanol–water partition coefficient (Wildman–Crippen LogP) is 4.50. The smallest absolute Gasteiger partial charge is 0.207 e. The summed E-state index contributed by atoms with van der Waals surface area (Å²) in [5, 5.41) is 5.40. The van der Waals surface area contributed by atoms with Gasteiger partial charge in [-0.25, -0.2) is 0 Å². The van der Waals surface area contributed by atoms with Crippen molar-refractivity contribution in [2.45, 2.75) is 24.8 Å². The van der Waals surface area contributed by atoms with Crippen molar-refractivity contribution in [1.29, 1.82) is 0 Å². The van der Waals surface area contributed by atoms with Crippen LogP contribution in [-0.4, -0.2) is 12.5 Å². The van der Waals surface area contributed by atoms with E-state index in [2.05, 4.69) is 72.0 Å². The SMILES string of the molecule is O=CNC1CC(c2ccc(-c3ccc4ccccc4c3)cc2)C1. The summed E-state index contributed by atoms with van der Waals surface area (Å²) >= 11 is 0. The average Bonchev–Trinajstić information content (AvgIpc) is 2.57. The van der Waals surface area contributed by atoms with Crippen LogP contribution in [0.4, 0.5) is 0 Å². The molecule has 0 radical (unpaired) electrons. The zero-order chi connectivity index (χ0) is 15.6. The van der Waals surface area contributed by atoms with Crippen molar-refractivity contribution in [2.75, 3.05) is 0 Å². The molecule has 0 saturated heterocycles. The second-order valence-corrected chi connectivity index (χ2v) is 6.33. The Morgan fingerprint density at radius 3 is 2.26 bits per heavy atom. The maximum Gasteiger partial charge on any atom is 0.207 e. The molecular formula is C21H19NO. The van der Waals surface area contributed by atoms with Gasteiger partial charge in [0.15, 0.2) is 0 Å². The van der Waals surface area contributed by atoms with E-state index in [1.54, 1.807) is 0 Å². The number of fused-ring (bicyclic) bond motifs is 1. The third kappa shape index (κ3) is 2.72. The van der Waals surface area contributed by atoms with Gasteiger partial charge in [-0.1, -0.05) is 60.7 Å². The fourth-order valence-corrected chi connectivity index (χ4v) is 3.44. The number of carbonyl (C=O) groups is 1. The lowest BCUT2D eigenvalue weighted by Gasteiger charge is -2.35. The van der Waals surface area contributed by atoms with Crippen LogP contribution in [0.2, 0.25) is 0 Å². The first kappa shape index (κ1) is 14.0. The summed E-state index contributed by atoms with van der Waals surface area (Å²) in [7, 11) is 0. The number of rotatable bonds is 4. The monoisotopic (exact) mass is 301 g/mol. The minimum atomic E-state index is 0.359. The van der Waals surface area contributed by atoms with Gasteiger partial charge in [-0.2, -0.15) is 0 Å². The molecular weight excluding hydrogens is 282 g/mol. The van der Waals surface area contributed by atoms with Crippen molar-refractivity contribution in [2.24, 2.45) is 0 Å². The summed E-state index contributed by atoms with van der Waals surface area (Å²) in [5.41, 5.74) is 3.88. The van der Waals surface area contributed by atoms with Crippen LogP contribution in [-0.2, 0) is 4.79 Å².